The zero-order chi connectivity index (χ0) is 21.5. The molecule has 1 N–H and O–H groups in total. The Bertz CT molecular complexity index is 1090. The lowest BCUT2D eigenvalue weighted by atomic mass is 10.0. The second kappa shape index (κ2) is 7.40. The van der Waals surface area contributed by atoms with Gasteiger partial charge in [0, 0.05) is 18.2 Å². The van der Waals surface area contributed by atoms with Crippen molar-refractivity contribution in [2.24, 2.45) is 0 Å². The average Bonchev–Trinajstić information content (AvgIpc) is 3.26. The van der Waals surface area contributed by atoms with Crippen LogP contribution in [0.5, 0.6) is 11.5 Å². The fourth-order valence-corrected chi connectivity index (χ4v) is 3.32. The lowest BCUT2D eigenvalue weighted by molar-refractivity contribution is -0.286. The number of ether oxygens (including phenoxy) is 2. The normalized spacial score (nSPS) is 14.0. The van der Waals surface area contributed by atoms with Gasteiger partial charge >= 0.3 is 6.29 Å². The van der Waals surface area contributed by atoms with Crippen LogP contribution < -0.4 is 14.8 Å². The van der Waals surface area contributed by atoms with Crippen molar-refractivity contribution in [2.75, 3.05) is 5.32 Å². The molecule has 0 fully saturated rings. The van der Waals surface area contributed by atoms with Gasteiger partial charge in [-0.2, -0.15) is 0 Å². The van der Waals surface area contributed by atoms with E-state index in [2.05, 4.69) is 24.9 Å². The Morgan fingerprint density at radius 3 is 2.50 bits per heavy atom. The minimum absolute atomic E-state index is 0.00901. The Morgan fingerprint density at radius 2 is 1.87 bits per heavy atom. The van der Waals surface area contributed by atoms with Gasteiger partial charge in [-0.3, -0.25) is 4.79 Å². The fraction of sp³-hybridized carbons (Fsp3) is 0.286. The number of rotatable bonds is 5. The van der Waals surface area contributed by atoms with Gasteiger partial charge in [0.15, 0.2) is 11.5 Å². The molecule has 9 heteroatoms. The summed E-state index contributed by atoms with van der Waals surface area (Å²) in [6.45, 7) is 5.55. The number of aryl methyl sites for hydroxylation is 3. The van der Waals surface area contributed by atoms with Crippen LogP contribution in [0.1, 0.15) is 41.2 Å². The van der Waals surface area contributed by atoms with E-state index in [9.17, 15) is 13.6 Å². The largest absolute Gasteiger partial charge is 0.586 e. The number of carbonyl (C=O) groups excluding carboxylic acids is 1. The molecule has 1 aliphatic rings. The first-order valence-corrected chi connectivity index (χ1v) is 9.47. The molecular formula is C21H19F2N3O4. The first-order valence-electron chi connectivity index (χ1n) is 9.47. The number of nitrogens with zero attached hydrogens (tertiary/aromatic N) is 2. The van der Waals surface area contributed by atoms with E-state index in [-0.39, 0.29) is 17.4 Å². The zero-order valence-corrected chi connectivity index (χ0v) is 16.6. The van der Waals surface area contributed by atoms with Crippen molar-refractivity contribution < 1.29 is 27.6 Å². The SMILES string of the molecule is CCc1noc(CC)c1C(=O)Nc1ccc(-c2cc3c(cc2C)OC(F)(F)O3)cn1. The Labute approximate surface area is 171 Å². The maximum Gasteiger partial charge on any atom is 0.586 e. The zero-order valence-electron chi connectivity index (χ0n) is 16.6. The van der Waals surface area contributed by atoms with E-state index in [1.165, 1.54) is 12.1 Å². The lowest BCUT2D eigenvalue weighted by Crippen LogP contribution is -2.25. The van der Waals surface area contributed by atoms with Crippen LogP contribution in [0.15, 0.2) is 35.0 Å². The third-order valence-electron chi connectivity index (χ3n) is 4.78. The van der Waals surface area contributed by atoms with Crippen molar-refractivity contribution >= 4 is 11.7 Å². The highest BCUT2D eigenvalue weighted by molar-refractivity contribution is 6.05. The van der Waals surface area contributed by atoms with Crippen LogP contribution in [0.3, 0.4) is 0 Å². The van der Waals surface area contributed by atoms with E-state index >= 15 is 0 Å². The van der Waals surface area contributed by atoms with Gasteiger partial charge in [0.1, 0.15) is 17.1 Å². The smallest absolute Gasteiger partial charge is 0.395 e. The van der Waals surface area contributed by atoms with E-state index in [1.54, 1.807) is 25.3 Å². The first kappa shape index (κ1) is 19.8. The van der Waals surface area contributed by atoms with Gasteiger partial charge in [0.2, 0.25) is 0 Å². The highest BCUT2D eigenvalue weighted by atomic mass is 19.3. The standard InChI is InChI=1S/C21H19F2N3O4/c1-4-14-19(15(5-2)30-26-14)20(27)25-18-7-6-12(10-24-18)13-9-17-16(8-11(13)3)28-21(22,23)29-17/h6-10H,4-5H2,1-3H3,(H,24,25,27). The third kappa shape index (κ3) is 3.58. The first-order chi connectivity index (χ1) is 14.3. The highest BCUT2D eigenvalue weighted by Crippen LogP contribution is 2.44. The molecule has 1 aromatic carbocycles. The highest BCUT2D eigenvalue weighted by Gasteiger charge is 2.43. The molecule has 2 aromatic heterocycles. The van der Waals surface area contributed by atoms with Crippen molar-refractivity contribution in [3.05, 3.63) is 53.0 Å². The molecule has 0 saturated carbocycles. The van der Waals surface area contributed by atoms with E-state index in [0.29, 0.717) is 46.8 Å². The maximum atomic E-state index is 13.3. The number of hydrogen-bond acceptors (Lipinski definition) is 6. The molecule has 1 amide bonds. The number of nitrogens with one attached hydrogen (secondary N) is 1. The summed E-state index contributed by atoms with van der Waals surface area (Å²) < 4.78 is 40.8. The number of alkyl halides is 2. The Morgan fingerprint density at radius 1 is 1.13 bits per heavy atom. The van der Waals surface area contributed by atoms with Crippen LogP contribution in [0.4, 0.5) is 14.6 Å². The van der Waals surface area contributed by atoms with Crippen LogP contribution in [-0.4, -0.2) is 22.3 Å². The average molecular weight is 415 g/mol. The molecular weight excluding hydrogens is 396 g/mol. The lowest BCUT2D eigenvalue weighted by Gasteiger charge is -2.09. The maximum absolute atomic E-state index is 13.3. The molecule has 0 unspecified atom stereocenters. The van der Waals surface area contributed by atoms with Crippen molar-refractivity contribution in [3.63, 3.8) is 0 Å². The molecule has 3 heterocycles. The molecule has 0 radical (unpaired) electrons. The second-order valence-electron chi connectivity index (χ2n) is 6.80. The summed E-state index contributed by atoms with van der Waals surface area (Å²) in [4.78, 5) is 17.0. The number of halogens is 2. The summed E-state index contributed by atoms with van der Waals surface area (Å²) in [6.07, 6.45) is -1.00. The molecule has 7 nitrogen and oxygen atoms in total. The topological polar surface area (TPSA) is 86.5 Å². The van der Waals surface area contributed by atoms with Crippen molar-refractivity contribution in [2.45, 2.75) is 39.9 Å². The Hall–Kier alpha value is -3.49. The quantitative estimate of drug-likeness (QED) is 0.648. The molecule has 0 atom stereocenters. The number of carbonyl (C=O) groups is 1. The molecule has 4 rings (SSSR count). The summed E-state index contributed by atoms with van der Waals surface area (Å²) in [5.74, 6) is 0.481. The van der Waals surface area contributed by atoms with E-state index in [1.807, 2.05) is 13.8 Å². The van der Waals surface area contributed by atoms with Gasteiger partial charge in [0.25, 0.3) is 5.91 Å². The number of aromatic nitrogens is 2. The molecule has 0 saturated heterocycles. The second-order valence-corrected chi connectivity index (χ2v) is 6.80. The van der Waals surface area contributed by atoms with Crippen LogP contribution in [-0.2, 0) is 12.8 Å². The summed E-state index contributed by atoms with van der Waals surface area (Å²) in [5.41, 5.74) is 3.09. The molecule has 156 valence electrons. The van der Waals surface area contributed by atoms with Gasteiger partial charge in [0.05, 0.1) is 5.69 Å². The summed E-state index contributed by atoms with van der Waals surface area (Å²) >= 11 is 0. The van der Waals surface area contributed by atoms with Crippen LogP contribution >= 0.6 is 0 Å². The van der Waals surface area contributed by atoms with Crippen LogP contribution in [0.2, 0.25) is 0 Å². The minimum Gasteiger partial charge on any atom is -0.395 e. The number of pyridine rings is 1. The van der Waals surface area contributed by atoms with Crippen LogP contribution in [0, 0.1) is 6.92 Å². The number of amides is 1. The van der Waals surface area contributed by atoms with Crippen molar-refractivity contribution in [3.8, 4) is 22.6 Å². The predicted molar refractivity (Wildman–Crippen MR) is 104 cm³/mol. The Balaban J connectivity index is 1.56. The van der Waals surface area contributed by atoms with Gasteiger partial charge in [-0.25, -0.2) is 4.98 Å². The molecule has 0 aliphatic carbocycles. The summed E-state index contributed by atoms with van der Waals surface area (Å²) in [5, 5.41) is 6.68. The summed E-state index contributed by atoms with van der Waals surface area (Å²) in [7, 11) is 0. The predicted octanol–water partition coefficient (Wildman–Crippen LogP) is 4.74. The van der Waals surface area contributed by atoms with E-state index in [4.69, 9.17) is 4.52 Å². The monoisotopic (exact) mass is 415 g/mol. The van der Waals surface area contributed by atoms with Crippen LogP contribution in [0.25, 0.3) is 11.1 Å². The summed E-state index contributed by atoms with van der Waals surface area (Å²) in [6, 6.07) is 6.35. The number of anilines is 1. The third-order valence-corrected chi connectivity index (χ3v) is 4.78. The van der Waals surface area contributed by atoms with Crippen molar-refractivity contribution in [1.82, 2.24) is 10.1 Å². The number of benzene rings is 1. The van der Waals surface area contributed by atoms with E-state index < -0.39 is 6.29 Å². The molecule has 0 bridgehead atoms. The van der Waals surface area contributed by atoms with Gasteiger partial charge in [-0.15, -0.1) is 8.78 Å². The fourth-order valence-electron chi connectivity index (χ4n) is 3.32. The molecule has 0 spiro atoms. The molecule has 1 aliphatic heterocycles. The molecule has 30 heavy (non-hydrogen) atoms. The van der Waals surface area contributed by atoms with Crippen molar-refractivity contribution in [1.29, 1.82) is 0 Å². The Kier molecular flexibility index (Phi) is 4.89. The van der Waals surface area contributed by atoms with Gasteiger partial charge in [-0.1, -0.05) is 19.0 Å². The number of fused-ring (bicyclic) bond motifs is 1. The van der Waals surface area contributed by atoms with Gasteiger partial charge in [-0.05, 0) is 48.7 Å². The van der Waals surface area contributed by atoms with Gasteiger partial charge < -0.3 is 19.3 Å². The number of hydrogen-bond donors (Lipinski definition) is 1. The van der Waals surface area contributed by atoms with E-state index in [0.717, 1.165) is 5.56 Å². The molecule has 3 aromatic rings. The minimum atomic E-state index is -3.67.